The quantitative estimate of drug-likeness (QED) is 0.781. The summed E-state index contributed by atoms with van der Waals surface area (Å²) >= 11 is 1.75. The van der Waals surface area contributed by atoms with E-state index in [0.717, 1.165) is 12.1 Å². The lowest BCUT2D eigenvalue weighted by molar-refractivity contribution is -0.121. The summed E-state index contributed by atoms with van der Waals surface area (Å²) in [5, 5.41) is 3.09. The van der Waals surface area contributed by atoms with Crippen molar-refractivity contribution >= 4 is 17.7 Å². The first-order chi connectivity index (χ1) is 8.90. The topological polar surface area (TPSA) is 72.9 Å². The van der Waals surface area contributed by atoms with Crippen LogP contribution in [-0.2, 0) is 18.3 Å². The zero-order valence-corrected chi connectivity index (χ0v) is 13.0. The third-order valence-electron chi connectivity index (χ3n) is 3.40. The zero-order valence-electron chi connectivity index (χ0n) is 12.1. The molecule has 0 fully saturated rings. The van der Waals surface area contributed by atoms with Gasteiger partial charge in [0.2, 0.25) is 5.91 Å². The summed E-state index contributed by atoms with van der Waals surface area (Å²) in [5.74, 6) is 0.0109. The predicted molar refractivity (Wildman–Crippen MR) is 80.1 cm³/mol. The van der Waals surface area contributed by atoms with Crippen molar-refractivity contribution in [2.75, 3.05) is 12.8 Å². The Balaban J connectivity index is 2.81. The molecule has 0 aliphatic heterocycles. The van der Waals surface area contributed by atoms with Gasteiger partial charge in [-0.15, -0.1) is 0 Å². The molecule has 19 heavy (non-hydrogen) atoms. The summed E-state index contributed by atoms with van der Waals surface area (Å²) in [5.41, 5.74) is 6.54. The molecule has 3 N–H and O–H groups in total. The van der Waals surface area contributed by atoms with Crippen LogP contribution >= 0.6 is 11.8 Å². The number of thioether (sulfide) groups is 1. The highest BCUT2D eigenvalue weighted by Crippen LogP contribution is 2.27. The molecule has 0 aliphatic carbocycles. The Morgan fingerprint density at radius 1 is 1.63 bits per heavy atom. The second-order valence-electron chi connectivity index (χ2n) is 5.17. The van der Waals surface area contributed by atoms with E-state index in [1.165, 1.54) is 0 Å². The number of aryl methyl sites for hydroxylation is 1. The molecule has 1 heterocycles. The number of nitrogens with zero attached hydrogens (tertiary/aromatic N) is 2. The molecular weight excluding hydrogens is 260 g/mol. The van der Waals surface area contributed by atoms with Crippen LogP contribution in [0.5, 0.6) is 0 Å². The van der Waals surface area contributed by atoms with E-state index in [0.29, 0.717) is 13.0 Å². The van der Waals surface area contributed by atoms with Gasteiger partial charge in [-0.25, -0.2) is 4.98 Å². The van der Waals surface area contributed by atoms with E-state index < -0.39 is 0 Å². The number of nitrogens with one attached hydrogen (secondary N) is 1. The summed E-state index contributed by atoms with van der Waals surface area (Å²) in [4.78, 5) is 15.9. The van der Waals surface area contributed by atoms with Gasteiger partial charge in [-0.05, 0) is 20.1 Å². The number of rotatable bonds is 7. The second kappa shape index (κ2) is 6.96. The number of hydrogen-bond donors (Lipinski definition) is 2. The Bertz CT molecular complexity index is 417. The molecule has 108 valence electrons. The van der Waals surface area contributed by atoms with Crippen molar-refractivity contribution < 1.29 is 4.79 Å². The van der Waals surface area contributed by atoms with Gasteiger partial charge in [-0.3, -0.25) is 4.79 Å². The molecule has 1 rings (SSSR count). The number of amides is 1. The number of hydrogen-bond acceptors (Lipinski definition) is 4. The third-order valence-corrected chi connectivity index (χ3v) is 4.74. The lowest BCUT2D eigenvalue weighted by atomic mass is 9.98. The number of aromatic nitrogens is 2. The van der Waals surface area contributed by atoms with Gasteiger partial charge in [0, 0.05) is 49.1 Å². The van der Waals surface area contributed by atoms with Gasteiger partial charge < -0.3 is 15.6 Å². The fourth-order valence-corrected chi connectivity index (χ4v) is 2.23. The minimum Gasteiger partial charge on any atom is -0.352 e. The van der Waals surface area contributed by atoms with Crippen molar-refractivity contribution in [3.63, 3.8) is 0 Å². The Morgan fingerprint density at radius 3 is 2.79 bits per heavy atom. The highest BCUT2D eigenvalue weighted by molar-refractivity contribution is 8.00. The molecular formula is C13H24N4OS. The molecule has 0 unspecified atom stereocenters. The van der Waals surface area contributed by atoms with E-state index in [1.54, 1.807) is 18.1 Å². The second-order valence-corrected chi connectivity index (χ2v) is 6.63. The number of nitrogens with two attached hydrogens (primary N) is 1. The minimum atomic E-state index is -0.0471. The van der Waals surface area contributed by atoms with Crippen molar-refractivity contribution in [3.8, 4) is 0 Å². The molecule has 0 saturated carbocycles. The van der Waals surface area contributed by atoms with E-state index in [4.69, 9.17) is 5.73 Å². The van der Waals surface area contributed by atoms with Gasteiger partial charge in [-0.2, -0.15) is 11.8 Å². The van der Waals surface area contributed by atoms with Gasteiger partial charge in [0.05, 0.1) is 6.33 Å². The predicted octanol–water partition coefficient (Wildman–Crippen LogP) is 0.938. The molecule has 5 nitrogen and oxygen atoms in total. The van der Waals surface area contributed by atoms with Crippen molar-refractivity contribution in [3.05, 3.63) is 18.2 Å². The van der Waals surface area contributed by atoms with E-state index in [-0.39, 0.29) is 16.7 Å². The minimum absolute atomic E-state index is 0.0109. The van der Waals surface area contributed by atoms with Crippen LogP contribution in [-0.4, -0.2) is 39.0 Å². The van der Waals surface area contributed by atoms with E-state index >= 15 is 0 Å². The van der Waals surface area contributed by atoms with Crippen LogP contribution < -0.4 is 11.1 Å². The monoisotopic (exact) mass is 284 g/mol. The van der Waals surface area contributed by atoms with Crippen molar-refractivity contribution in [2.45, 2.75) is 37.5 Å². The molecule has 1 atom stereocenters. The standard InChI is InChI=1S/C13H24N4OS/c1-13(2,19-4)11(16-12(18)5-6-14)7-10-8-15-9-17(10)3/h8-9,11H,5-7,14H2,1-4H3,(H,16,18)/t11-/m0/s1. The average Bonchev–Trinajstić information content (AvgIpc) is 2.74. The highest BCUT2D eigenvalue weighted by Gasteiger charge is 2.30. The summed E-state index contributed by atoms with van der Waals surface area (Å²) in [6.07, 6.45) is 6.82. The molecule has 6 heteroatoms. The van der Waals surface area contributed by atoms with E-state index in [1.807, 2.05) is 17.8 Å². The van der Waals surface area contributed by atoms with E-state index in [2.05, 4.69) is 30.4 Å². The van der Waals surface area contributed by atoms with Crippen LogP contribution in [0, 0.1) is 0 Å². The van der Waals surface area contributed by atoms with E-state index in [9.17, 15) is 4.79 Å². The molecule has 0 bridgehead atoms. The highest BCUT2D eigenvalue weighted by atomic mass is 32.2. The summed E-state index contributed by atoms with van der Waals surface area (Å²) in [6.45, 7) is 4.66. The molecule has 0 aliphatic rings. The molecule has 1 amide bonds. The normalized spacial score (nSPS) is 13.3. The largest absolute Gasteiger partial charge is 0.352 e. The van der Waals surface area contributed by atoms with Crippen LogP contribution in [0.25, 0.3) is 0 Å². The van der Waals surface area contributed by atoms with Crippen LogP contribution in [0.15, 0.2) is 12.5 Å². The number of carbonyl (C=O) groups is 1. The van der Waals surface area contributed by atoms with Gasteiger partial charge >= 0.3 is 0 Å². The summed E-state index contributed by atoms with van der Waals surface area (Å²) in [6, 6.07) is 0.0527. The third kappa shape index (κ3) is 4.54. The Kier molecular flexibility index (Phi) is 5.87. The maximum absolute atomic E-state index is 11.8. The van der Waals surface area contributed by atoms with Gasteiger partial charge in [0.15, 0.2) is 0 Å². The molecule has 1 aromatic heterocycles. The first-order valence-corrected chi connectivity index (χ1v) is 7.63. The smallest absolute Gasteiger partial charge is 0.221 e. The summed E-state index contributed by atoms with van der Waals surface area (Å²) < 4.78 is 1.94. The lowest BCUT2D eigenvalue weighted by Crippen LogP contribution is -2.49. The maximum atomic E-state index is 11.8. The maximum Gasteiger partial charge on any atom is 0.221 e. The van der Waals surface area contributed by atoms with Crippen molar-refractivity contribution in [2.24, 2.45) is 12.8 Å². The van der Waals surface area contributed by atoms with Crippen molar-refractivity contribution in [1.29, 1.82) is 0 Å². The average molecular weight is 284 g/mol. The lowest BCUT2D eigenvalue weighted by Gasteiger charge is -2.33. The van der Waals surface area contributed by atoms with Gasteiger partial charge in [0.1, 0.15) is 0 Å². The molecule has 0 radical (unpaired) electrons. The molecule has 0 saturated heterocycles. The molecule has 0 spiro atoms. The van der Waals surface area contributed by atoms with Crippen LogP contribution in [0.1, 0.15) is 26.0 Å². The first kappa shape index (κ1) is 16.0. The molecule has 0 aromatic carbocycles. The zero-order chi connectivity index (χ0) is 14.5. The summed E-state index contributed by atoms with van der Waals surface area (Å²) in [7, 11) is 1.97. The van der Waals surface area contributed by atoms with Crippen LogP contribution in [0.2, 0.25) is 0 Å². The number of imidazole rings is 1. The first-order valence-electron chi connectivity index (χ1n) is 6.40. The van der Waals surface area contributed by atoms with Crippen molar-refractivity contribution in [1.82, 2.24) is 14.9 Å². The fourth-order valence-electron chi connectivity index (χ4n) is 1.80. The Hall–Kier alpha value is -1.01. The molecule has 1 aromatic rings. The Labute approximate surface area is 119 Å². The SMILES string of the molecule is CSC(C)(C)[C@H](Cc1cncn1C)NC(=O)CCN. The van der Waals surface area contributed by atoms with Gasteiger partial charge in [-0.1, -0.05) is 0 Å². The van der Waals surface area contributed by atoms with Crippen LogP contribution in [0.4, 0.5) is 0 Å². The van der Waals surface area contributed by atoms with Crippen LogP contribution in [0.3, 0.4) is 0 Å². The fraction of sp³-hybridized carbons (Fsp3) is 0.692. The Morgan fingerprint density at radius 2 is 2.32 bits per heavy atom. The number of carbonyl (C=O) groups excluding carboxylic acids is 1. The van der Waals surface area contributed by atoms with Gasteiger partial charge in [0.25, 0.3) is 0 Å².